The molecule has 0 aromatic heterocycles. The summed E-state index contributed by atoms with van der Waals surface area (Å²) in [6.45, 7) is 4.73. The molecule has 2 fully saturated rings. The molecule has 5 heteroatoms. The minimum atomic E-state index is 0.0895. The van der Waals surface area contributed by atoms with Crippen molar-refractivity contribution in [2.75, 3.05) is 46.9 Å². The Labute approximate surface area is 221 Å². The maximum Gasteiger partial charge on any atom is 0.253 e. The second kappa shape index (κ2) is 11.8. The molecule has 2 aliphatic rings. The van der Waals surface area contributed by atoms with Crippen LogP contribution in [0.4, 0.5) is 0 Å². The number of carbonyl (C=O) groups excluding carboxylic acids is 1. The highest BCUT2D eigenvalue weighted by molar-refractivity contribution is 5.94. The molecule has 3 aromatic rings. The average Bonchev–Trinajstić information content (AvgIpc) is 3.37. The van der Waals surface area contributed by atoms with E-state index in [-0.39, 0.29) is 11.8 Å². The van der Waals surface area contributed by atoms with Crippen LogP contribution in [-0.4, -0.2) is 62.7 Å². The number of amides is 1. The minimum absolute atomic E-state index is 0.0895. The van der Waals surface area contributed by atoms with E-state index >= 15 is 0 Å². The van der Waals surface area contributed by atoms with E-state index in [0.717, 1.165) is 43.6 Å². The summed E-state index contributed by atoms with van der Waals surface area (Å²) in [6.07, 6.45) is 3.64. The molecule has 5 nitrogen and oxygen atoms in total. The van der Waals surface area contributed by atoms with Gasteiger partial charge < -0.3 is 19.3 Å². The number of carbonyl (C=O) groups is 1. The molecule has 2 atom stereocenters. The van der Waals surface area contributed by atoms with E-state index in [4.69, 9.17) is 9.47 Å². The second-order valence-electron chi connectivity index (χ2n) is 10.5. The van der Waals surface area contributed by atoms with Crippen molar-refractivity contribution >= 4 is 5.91 Å². The van der Waals surface area contributed by atoms with Crippen molar-refractivity contribution in [3.05, 3.63) is 95.6 Å². The van der Waals surface area contributed by atoms with Gasteiger partial charge in [0.1, 0.15) is 11.5 Å². The minimum Gasteiger partial charge on any atom is -0.497 e. The van der Waals surface area contributed by atoms with Gasteiger partial charge in [0, 0.05) is 31.1 Å². The Bertz CT molecular complexity index is 1160. The molecule has 0 radical (unpaired) electrons. The number of rotatable bonds is 8. The van der Waals surface area contributed by atoms with Gasteiger partial charge in [-0.05, 0) is 85.6 Å². The summed E-state index contributed by atoms with van der Waals surface area (Å²) in [5.74, 6) is 3.13. The Morgan fingerprint density at radius 2 is 1.54 bits per heavy atom. The van der Waals surface area contributed by atoms with Crippen molar-refractivity contribution in [3.63, 3.8) is 0 Å². The fourth-order valence-electron chi connectivity index (χ4n) is 6.12. The molecule has 194 valence electrons. The molecular formula is C32H38N2O3. The van der Waals surface area contributed by atoms with E-state index in [0.29, 0.717) is 18.0 Å². The van der Waals surface area contributed by atoms with Crippen LogP contribution in [0.15, 0.2) is 78.9 Å². The lowest BCUT2D eigenvalue weighted by Crippen LogP contribution is -2.39. The summed E-state index contributed by atoms with van der Waals surface area (Å²) in [5.41, 5.74) is 3.36. The lowest BCUT2D eigenvalue weighted by Gasteiger charge is -2.35. The van der Waals surface area contributed by atoms with Crippen LogP contribution < -0.4 is 9.47 Å². The Hall–Kier alpha value is -3.31. The fraction of sp³-hybridized carbons (Fsp3) is 0.406. The standard InChI is InChI=1S/C32H38N2O3/c1-36-28-14-12-26(13-15-28)32(35)34-22-27(30(23-34)29-10-6-7-11-31(29)37-2)21-33-18-16-25(17-19-33)20-24-8-4-3-5-9-24/h3-15,25,27,30H,16-23H2,1-2H3/t27-,30+/m0/s1. The predicted octanol–water partition coefficient (Wildman–Crippen LogP) is 5.51. The summed E-state index contributed by atoms with van der Waals surface area (Å²) in [5, 5.41) is 0. The molecule has 0 N–H and O–H groups in total. The van der Waals surface area contributed by atoms with Crippen LogP contribution in [0.2, 0.25) is 0 Å². The Balaban J connectivity index is 1.28. The molecule has 37 heavy (non-hydrogen) atoms. The first-order valence-corrected chi connectivity index (χ1v) is 13.5. The van der Waals surface area contributed by atoms with Crippen molar-refractivity contribution in [3.8, 4) is 11.5 Å². The van der Waals surface area contributed by atoms with Crippen LogP contribution in [0, 0.1) is 11.8 Å². The number of nitrogens with zero attached hydrogens (tertiary/aromatic N) is 2. The van der Waals surface area contributed by atoms with E-state index < -0.39 is 0 Å². The summed E-state index contributed by atoms with van der Waals surface area (Å²) >= 11 is 0. The highest BCUT2D eigenvalue weighted by atomic mass is 16.5. The zero-order valence-corrected chi connectivity index (χ0v) is 22.0. The largest absolute Gasteiger partial charge is 0.497 e. The van der Waals surface area contributed by atoms with Crippen molar-refractivity contribution < 1.29 is 14.3 Å². The Morgan fingerprint density at radius 1 is 0.838 bits per heavy atom. The number of methoxy groups -OCH3 is 2. The summed E-state index contributed by atoms with van der Waals surface area (Å²) in [7, 11) is 3.38. The van der Waals surface area contributed by atoms with E-state index in [2.05, 4.69) is 47.4 Å². The SMILES string of the molecule is COc1ccc(C(=O)N2C[C@H](CN3CCC(Cc4ccccc4)CC3)[C@H](c3ccccc3OC)C2)cc1. The summed E-state index contributed by atoms with van der Waals surface area (Å²) in [6, 6.07) is 26.6. The fourth-order valence-corrected chi connectivity index (χ4v) is 6.12. The zero-order valence-electron chi connectivity index (χ0n) is 22.0. The Kier molecular flexibility index (Phi) is 8.10. The number of piperidine rings is 1. The van der Waals surface area contributed by atoms with Gasteiger partial charge in [0.25, 0.3) is 5.91 Å². The topological polar surface area (TPSA) is 42.0 Å². The quantitative estimate of drug-likeness (QED) is 0.411. The smallest absolute Gasteiger partial charge is 0.253 e. The third kappa shape index (κ3) is 5.99. The third-order valence-electron chi connectivity index (χ3n) is 8.17. The van der Waals surface area contributed by atoms with Gasteiger partial charge in [0.05, 0.1) is 14.2 Å². The number of ether oxygens (including phenoxy) is 2. The van der Waals surface area contributed by atoms with Gasteiger partial charge >= 0.3 is 0 Å². The third-order valence-corrected chi connectivity index (χ3v) is 8.17. The van der Waals surface area contributed by atoms with Gasteiger partial charge in [-0.1, -0.05) is 48.5 Å². The molecule has 0 unspecified atom stereocenters. The highest BCUT2D eigenvalue weighted by Crippen LogP contribution is 2.39. The lowest BCUT2D eigenvalue weighted by atomic mass is 9.86. The number of para-hydroxylation sites is 1. The van der Waals surface area contributed by atoms with Crippen molar-refractivity contribution in [2.24, 2.45) is 11.8 Å². The van der Waals surface area contributed by atoms with E-state index in [1.54, 1.807) is 14.2 Å². The Morgan fingerprint density at radius 3 is 2.24 bits per heavy atom. The van der Waals surface area contributed by atoms with Crippen LogP contribution in [-0.2, 0) is 6.42 Å². The first-order valence-electron chi connectivity index (χ1n) is 13.5. The summed E-state index contributed by atoms with van der Waals surface area (Å²) < 4.78 is 11.0. The zero-order chi connectivity index (χ0) is 25.6. The molecule has 1 amide bonds. The highest BCUT2D eigenvalue weighted by Gasteiger charge is 2.39. The van der Waals surface area contributed by atoms with Crippen LogP contribution in [0.5, 0.6) is 11.5 Å². The number of likely N-dealkylation sites (tertiary alicyclic amines) is 2. The molecule has 0 bridgehead atoms. The molecule has 2 saturated heterocycles. The molecule has 3 aromatic carbocycles. The van der Waals surface area contributed by atoms with E-state index in [1.165, 1.54) is 30.4 Å². The van der Waals surface area contributed by atoms with Gasteiger partial charge in [-0.15, -0.1) is 0 Å². The van der Waals surface area contributed by atoms with E-state index in [9.17, 15) is 4.79 Å². The molecule has 0 aliphatic carbocycles. The maximum absolute atomic E-state index is 13.5. The van der Waals surface area contributed by atoms with Crippen molar-refractivity contribution in [1.29, 1.82) is 0 Å². The van der Waals surface area contributed by atoms with Gasteiger partial charge in [0.15, 0.2) is 0 Å². The second-order valence-corrected chi connectivity index (χ2v) is 10.5. The van der Waals surface area contributed by atoms with Gasteiger partial charge in [0.2, 0.25) is 0 Å². The van der Waals surface area contributed by atoms with Crippen molar-refractivity contribution in [2.45, 2.75) is 25.2 Å². The van der Waals surface area contributed by atoms with Crippen LogP contribution in [0.25, 0.3) is 0 Å². The molecule has 2 heterocycles. The monoisotopic (exact) mass is 498 g/mol. The van der Waals surface area contributed by atoms with Crippen LogP contribution in [0.1, 0.15) is 40.2 Å². The lowest BCUT2D eigenvalue weighted by molar-refractivity contribution is 0.0780. The first kappa shape index (κ1) is 25.3. The van der Waals surface area contributed by atoms with Crippen LogP contribution in [0.3, 0.4) is 0 Å². The molecule has 0 spiro atoms. The molecule has 2 aliphatic heterocycles. The van der Waals surface area contributed by atoms with E-state index in [1.807, 2.05) is 41.3 Å². The normalized spacial score (nSPS) is 20.6. The molecule has 5 rings (SSSR count). The molecule has 0 saturated carbocycles. The van der Waals surface area contributed by atoms with Crippen molar-refractivity contribution in [1.82, 2.24) is 9.80 Å². The maximum atomic E-state index is 13.5. The first-order chi connectivity index (χ1) is 18.1. The average molecular weight is 499 g/mol. The number of hydrogen-bond donors (Lipinski definition) is 0. The number of hydrogen-bond acceptors (Lipinski definition) is 4. The molecular weight excluding hydrogens is 460 g/mol. The predicted molar refractivity (Wildman–Crippen MR) is 147 cm³/mol. The number of benzene rings is 3. The van der Waals surface area contributed by atoms with Crippen LogP contribution >= 0.6 is 0 Å². The van der Waals surface area contributed by atoms with Gasteiger partial charge in [-0.3, -0.25) is 4.79 Å². The van der Waals surface area contributed by atoms with Gasteiger partial charge in [-0.25, -0.2) is 0 Å². The van der Waals surface area contributed by atoms with Gasteiger partial charge in [-0.2, -0.15) is 0 Å². The summed E-state index contributed by atoms with van der Waals surface area (Å²) in [4.78, 5) is 18.1.